The summed E-state index contributed by atoms with van der Waals surface area (Å²) in [5.74, 6) is 0.987. The van der Waals surface area contributed by atoms with Crippen LogP contribution in [0.3, 0.4) is 0 Å². The highest BCUT2D eigenvalue weighted by atomic mass is 16.5. The Morgan fingerprint density at radius 2 is 1.68 bits per heavy atom. The Morgan fingerprint density at radius 3 is 2.29 bits per heavy atom. The van der Waals surface area contributed by atoms with E-state index in [1.54, 1.807) is 37.6 Å². The number of carbonyl (C=O) groups is 2. The molecule has 1 atom stereocenters. The molecule has 41 heavy (non-hydrogen) atoms. The topological polar surface area (TPSA) is 161 Å². The standard InChI is InChI=1S/C30H34N8O3/c1-41-27-15-12-24(18-32-27)21-6-2-19(3-7-21)16-26(34-29(39)23-8-4-20(17-31)5-9-23)30(40)33-25-13-10-22(11-14-25)28-35-37-38-36-28/h2-3,6-7,10-15,18,20,23,26H,4-5,8-9,16-17,31H2,1H3,(H,33,40)(H,34,39)(H,35,36,37,38)/t20?,23?,26-/m0/s1. The molecule has 1 saturated carbocycles. The second-order valence-corrected chi connectivity index (χ2v) is 10.3. The summed E-state index contributed by atoms with van der Waals surface area (Å²) in [7, 11) is 1.58. The van der Waals surface area contributed by atoms with Gasteiger partial charge in [0.2, 0.25) is 23.5 Å². The van der Waals surface area contributed by atoms with Crippen LogP contribution in [0.1, 0.15) is 31.2 Å². The summed E-state index contributed by atoms with van der Waals surface area (Å²) in [6.45, 7) is 0.646. The number of hydrogen-bond acceptors (Lipinski definition) is 8. The van der Waals surface area contributed by atoms with Gasteiger partial charge in [-0.1, -0.05) is 24.3 Å². The van der Waals surface area contributed by atoms with Crippen LogP contribution in [0.15, 0.2) is 66.9 Å². The zero-order valence-corrected chi connectivity index (χ0v) is 22.9. The fourth-order valence-electron chi connectivity index (χ4n) is 5.12. The summed E-state index contributed by atoms with van der Waals surface area (Å²) >= 11 is 0. The van der Waals surface area contributed by atoms with Gasteiger partial charge in [-0.3, -0.25) is 9.59 Å². The molecule has 0 radical (unpaired) electrons. The van der Waals surface area contributed by atoms with Gasteiger partial charge in [-0.25, -0.2) is 4.98 Å². The van der Waals surface area contributed by atoms with Gasteiger partial charge in [0.1, 0.15) is 6.04 Å². The molecule has 1 fully saturated rings. The number of amides is 2. The van der Waals surface area contributed by atoms with Gasteiger partial charge in [0, 0.05) is 41.4 Å². The average Bonchev–Trinajstić information content (AvgIpc) is 3.57. The fraction of sp³-hybridized carbons (Fsp3) is 0.333. The van der Waals surface area contributed by atoms with Crippen molar-refractivity contribution in [3.8, 4) is 28.4 Å². The normalized spacial score (nSPS) is 17.4. The van der Waals surface area contributed by atoms with Crippen molar-refractivity contribution < 1.29 is 14.3 Å². The lowest BCUT2D eigenvalue weighted by Crippen LogP contribution is -2.48. The smallest absolute Gasteiger partial charge is 0.247 e. The van der Waals surface area contributed by atoms with Crippen molar-refractivity contribution in [3.63, 3.8) is 0 Å². The Morgan fingerprint density at radius 1 is 0.976 bits per heavy atom. The summed E-state index contributed by atoms with van der Waals surface area (Å²) in [4.78, 5) is 31.0. The van der Waals surface area contributed by atoms with Crippen LogP contribution in [-0.2, 0) is 16.0 Å². The number of anilines is 1. The van der Waals surface area contributed by atoms with Crippen molar-refractivity contribution in [2.45, 2.75) is 38.1 Å². The monoisotopic (exact) mass is 554 g/mol. The van der Waals surface area contributed by atoms with E-state index in [4.69, 9.17) is 10.5 Å². The molecule has 4 aromatic rings. The van der Waals surface area contributed by atoms with Crippen molar-refractivity contribution in [1.29, 1.82) is 0 Å². The van der Waals surface area contributed by atoms with E-state index in [1.807, 2.05) is 36.4 Å². The first-order chi connectivity index (χ1) is 20.0. The number of ether oxygens (including phenoxy) is 1. The van der Waals surface area contributed by atoms with E-state index in [-0.39, 0.29) is 17.7 Å². The van der Waals surface area contributed by atoms with Gasteiger partial charge in [0.15, 0.2) is 0 Å². The third kappa shape index (κ3) is 7.12. The minimum Gasteiger partial charge on any atom is -0.481 e. The molecule has 11 nitrogen and oxygen atoms in total. The van der Waals surface area contributed by atoms with E-state index in [9.17, 15) is 9.59 Å². The maximum atomic E-state index is 13.5. The molecule has 5 N–H and O–H groups in total. The van der Waals surface area contributed by atoms with Crippen LogP contribution in [0.5, 0.6) is 5.88 Å². The lowest BCUT2D eigenvalue weighted by Gasteiger charge is -2.28. The van der Waals surface area contributed by atoms with E-state index in [1.165, 1.54) is 0 Å². The zero-order valence-electron chi connectivity index (χ0n) is 22.9. The highest BCUT2D eigenvalue weighted by Crippen LogP contribution is 2.28. The number of H-pyrrole nitrogens is 1. The van der Waals surface area contributed by atoms with Crippen LogP contribution in [-0.4, -0.2) is 57.1 Å². The van der Waals surface area contributed by atoms with Crippen molar-refractivity contribution in [1.82, 2.24) is 30.9 Å². The maximum Gasteiger partial charge on any atom is 0.247 e. The van der Waals surface area contributed by atoms with Crippen LogP contribution in [0, 0.1) is 11.8 Å². The Balaban J connectivity index is 1.29. The number of rotatable bonds is 10. The minimum atomic E-state index is -0.750. The number of nitrogens with two attached hydrogens (primary N) is 1. The number of pyridine rings is 1. The number of hydrogen-bond donors (Lipinski definition) is 4. The van der Waals surface area contributed by atoms with Gasteiger partial charge in [0.05, 0.1) is 7.11 Å². The van der Waals surface area contributed by atoms with Crippen molar-refractivity contribution >= 4 is 17.5 Å². The van der Waals surface area contributed by atoms with Gasteiger partial charge in [-0.2, -0.15) is 5.21 Å². The second kappa shape index (κ2) is 13.1. The highest BCUT2D eigenvalue weighted by Gasteiger charge is 2.29. The molecule has 2 heterocycles. The molecule has 1 aliphatic rings. The van der Waals surface area contributed by atoms with Gasteiger partial charge < -0.3 is 21.1 Å². The molecule has 5 rings (SSSR count). The molecule has 11 heteroatoms. The molecular formula is C30H34N8O3. The molecule has 0 spiro atoms. The number of aromatic nitrogens is 5. The van der Waals surface area contributed by atoms with Gasteiger partial charge in [-0.05, 0) is 84.8 Å². The summed E-state index contributed by atoms with van der Waals surface area (Å²) in [5.41, 5.74) is 10.1. The number of tetrazole rings is 1. The maximum absolute atomic E-state index is 13.5. The molecular weight excluding hydrogens is 520 g/mol. The number of methoxy groups -OCH3 is 1. The van der Waals surface area contributed by atoms with Crippen LogP contribution in [0.25, 0.3) is 22.5 Å². The molecule has 2 amide bonds. The van der Waals surface area contributed by atoms with Crippen molar-refractivity contribution in [2.75, 3.05) is 19.0 Å². The Labute approximate surface area is 238 Å². The largest absolute Gasteiger partial charge is 0.481 e. The molecule has 0 aliphatic heterocycles. The second-order valence-electron chi connectivity index (χ2n) is 10.3. The van der Waals surface area contributed by atoms with Gasteiger partial charge in [0.25, 0.3) is 0 Å². The van der Waals surface area contributed by atoms with Crippen molar-refractivity contribution in [2.24, 2.45) is 17.6 Å². The summed E-state index contributed by atoms with van der Waals surface area (Å²) in [5, 5.41) is 19.9. The molecule has 2 aromatic carbocycles. The average molecular weight is 555 g/mol. The lowest BCUT2D eigenvalue weighted by molar-refractivity contribution is -0.130. The molecule has 212 valence electrons. The van der Waals surface area contributed by atoms with Gasteiger partial charge in [-0.15, -0.1) is 10.2 Å². The molecule has 0 unspecified atom stereocenters. The quantitative estimate of drug-likeness (QED) is 0.232. The zero-order chi connectivity index (χ0) is 28.6. The number of aromatic amines is 1. The number of benzene rings is 2. The van der Waals surface area contributed by atoms with E-state index < -0.39 is 6.04 Å². The summed E-state index contributed by atoms with van der Waals surface area (Å²) < 4.78 is 5.14. The first-order valence-electron chi connectivity index (χ1n) is 13.8. The predicted octanol–water partition coefficient (Wildman–Crippen LogP) is 3.37. The first kappa shape index (κ1) is 27.9. The van der Waals surface area contributed by atoms with Crippen LogP contribution in [0.4, 0.5) is 5.69 Å². The third-order valence-corrected chi connectivity index (χ3v) is 7.61. The SMILES string of the molecule is COc1ccc(-c2ccc(C[C@H](NC(=O)C3CCC(CN)CC3)C(=O)Nc3ccc(-c4nn[nH]n4)cc3)cc2)cn1. The minimum absolute atomic E-state index is 0.0889. The number of nitrogens with one attached hydrogen (secondary N) is 3. The molecule has 0 saturated heterocycles. The third-order valence-electron chi connectivity index (χ3n) is 7.61. The fourth-order valence-corrected chi connectivity index (χ4v) is 5.12. The lowest BCUT2D eigenvalue weighted by atomic mass is 9.81. The number of nitrogens with zero attached hydrogens (tertiary/aromatic N) is 4. The van der Waals surface area contributed by atoms with E-state index in [0.29, 0.717) is 36.3 Å². The number of carbonyl (C=O) groups excluding carboxylic acids is 2. The van der Waals surface area contributed by atoms with Gasteiger partial charge >= 0.3 is 0 Å². The molecule has 2 aromatic heterocycles. The Hall–Kier alpha value is -4.64. The molecule has 1 aliphatic carbocycles. The van der Waals surface area contributed by atoms with Crippen molar-refractivity contribution in [3.05, 3.63) is 72.4 Å². The van der Waals surface area contributed by atoms with Crippen LogP contribution >= 0.6 is 0 Å². The Kier molecular flexibility index (Phi) is 8.95. The van der Waals surface area contributed by atoms with E-state index >= 15 is 0 Å². The predicted molar refractivity (Wildman–Crippen MR) is 155 cm³/mol. The van der Waals surface area contributed by atoms with Crippen LogP contribution < -0.4 is 21.1 Å². The van der Waals surface area contributed by atoms with E-state index in [2.05, 4.69) is 36.2 Å². The summed E-state index contributed by atoms with van der Waals surface area (Å²) in [6, 6.07) is 18.1. The van der Waals surface area contributed by atoms with E-state index in [0.717, 1.165) is 47.9 Å². The summed E-state index contributed by atoms with van der Waals surface area (Å²) in [6.07, 6.45) is 5.53. The molecule has 0 bridgehead atoms. The Bertz CT molecular complexity index is 1420. The van der Waals surface area contributed by atoms with Crippen LogP contribution in [0.2, 0.25) is 0 Å². The highest BCUT2D eigenvalue weighted by molar-refractivity contribution is 5.97. The first-order valence-corrected chi connectivity index (χ1v) is 13.8.